The van der Waals surface area contributed by atoms with E-state index in [0.717, 1.165) is 32.4 Å². The molecule has 7 heteroatoms. The molecule has 0 saturated carbocycles. The van der Waals surface area contributed by atoms with Crippen LogP contribution in [0.25, 0.3) is 16.8 Å². The lowest BCUT2D eigenvalue weighted by Crippen LogP contribution is -2.32. The summed E-state index contributed by atoms with van der Waals surface area (Å²) in [5.41, 5.74) is 11.2. The summed E-state index contributed by atoms with van der Waals surface area (Å²) in [6.07, 6.45) is 3.57. The number of hydrogen-bond acceptors (Lipinski definition) is 3. The second-order valence-electron chi connectivity index (χ2n) is 8.67. The average molecular weight is 534 g/mol. The van der Waals surface area contributed by atoms with Gasteiger partial charge in [0.2, 0.25) is 0 Å². The fraction of sp³-hybridized carbons (Fsp3) is 0.179. The van der Waals surface area contributed by atoms with E-state index in [0.29, 0.717) is 18.7 Å². The lowest BCUT2D eigenvalue weighted by molar-refractivity contribution is -0.130. The highest BCUT2D eigenvalue weighted by atomic mass is 79.9. The Hall–Kier alpha value is -3.42. The van der Waals surface area contributed by atoms with E-state index < -0.39 is 12.3 Å². The number of carbonyl (C=O) groups is 1. The second kappa shape index (κ2) is 9.68. The fourth-order valence-corrected chi connectivity index (χ4v) is 4.64. The quantitative estimate of drug-likeness (QED) is 0.304. The van der Waals surface area contributed by atoms with E-state index in [-0.39, 0.29) is 11.7 Å². The number of nitrogens with two attached hydrogens (primary N) is 1. The summed E-state index contributed by atoms with van der Waals surface area (Å²) in [6.45, 7) is 2.28. The molecule has 178 valence electrons. The van der Waals surface area contributed by atoms with Gasteiger partial charge in [0, 0.05) is 45.9 Å². The molecule has 0 aliphatic carbocycles. The molecular weight excluding hydrogens is 509 g/mol. The summed E-state index contributed by atoms with van der Waals surface area (Å²) in [5.74, 6) is -0.347. The van der Waals surface area contributed by atoms with Crippen molar-refractivity contribution in [3.8, 4) is 16.8 Å². The van der Waals surface area contributed by atoms with Crippen LogP contribution in [0.3, 0.4) is 0 Å². The number of carbonyl (C=O) groups excluding carboxylic acids is 1. The van der Waals surface area contributed by atoms with E-state index in [4.69, 9.17) is 10.5 Å². The summed E-state index contributed by atoms with van der Waals surface area (Å²) in [4.78, 5) is 14.9. The Morgan fingerprint density at radius 3 is 2.34 bits per heavy atom. The van der Waals surface area contributed by atoms with E-state index in [1.165, 1.54) is 12.1 Å². The third-order valence-corrected chi connectivity index (χ3v) is 6.80. The lowest BCUT2D eigenvalue weighted by atomic mass is 10.0. The van der Waals surface area contributed by atoms with Crippen LogP contribution in [0, 0.1) is 5.82 Å². The number of rotatable bonds is 6. The number of aromatic nitrogens is 1. The summed E-state index contributed by atoms with van der Waals surface area (Å²) in [7, 11) is 0. The summed E-state index contributed by atoms with van der Waals surface area (Å²) < 4.78 is 22.9. The average Bonchev–Trinajstić information content (AvgIpc) is 3.41. The predicted molar refractivity (Wildman–Crippen MR) is 138 cm³/mol. The number of nitrogen functional groups attached to an aromatic ring is 1. The minimum Gasteiger partial charge on any atom is -0.399 e. The van der Waals surface area contributed by atoms with Crippen LogP contribution in [-0.2, 0) is 16.0 Å². The standard InChI is InChI=1S/C28H25BrFN3O2/c1-18-27(34)33(15-14-19-2-10-23(31)11-3-19)28(35-18)26-17-32(24-12-6-21(29)7-13-24)16-25(26)20-4-8-22(30)9-5-20/h2-13,16-18,28H,14-15,31H2,1H3/t18-,28-/m0/s1. The van der Waals surface area contributed by atoms with Gasteiger partial charge >= 0.3 is 0 Å². The Kier molecular flexibility index (Phi) is 6.45. The molecule has 5 nitrogen and oxygen atoms in total. The number of benzene rings is 3. The van der Waals surface area contributed by atoms with Gasteiger partial charge in [-0.3, -0.25) is 4.79 Å². The van der Waals surface area contributed by atoms with Gasteiger partial charge in [-0.2, -0.15) is 0 Å². The van der Waals surface area contributed by atoms with Gasteiger partial charge in [0.15, 0.2) is 6.23 Å². The van der Waals surface area contributed by atoms with E-state index in [2.05, 4.69) is 15.9 Å². The SMILES string of the molecule is C[C@@H]1O[C@@H](c2cn(-c3ccc(Br)cc3)cc2-c2ccc(F)cc2)N(CCc2ccc(N)cc2)C1=O. The van der Waals surface area contributed by atoms with Crippen LogP contribution in [0.4, 0.5) is 10.1 Å². The number of halogens is 2. The highest BCUT2D eigenvalue weighted by Crippen LogP contribution is 2.39. The van der Waals surface area contributed by atoms with Crippen molar-refractivity contribution in [3.63, 3.8) is 0 Å². The van der Waals surface area contributed by atoms with Crippen molar-refractivity contribution >= 4 is 27.5 Å². The van der Waals surface area contributed by atoms with E-state index in [1.54, 1.807) is 24.0 Å². The Balaban J connectivity index is 1.53. The van der Waals surface area contributed by atoms with Gasteiger partial charge in [-0.1, -0.05) is 40.2 Å². The van der Waals surface area contributed by atoms with Gasteiger partial charge in [0.05, 0.1) is 0 Å². The summed E-state index contributed by atoms with van der Waals surface area (Å²) in [5, 5.41) is 0. The van der Waals surface area contributed by atoms with Crippen molar-refractivity contribution in [1.29, 1.82) is 0 Å². The van der Waals surface area contributed by atoms with Gasteiger partial charge in [0.1, 0.15) is 11.9 Å². The Labute approximate surface area is 212 Å². The first-order valence-electron chi connectivity index (χ1n) is 11.4. The first kappa shape index (κ1) is 23.3. The monoisotopic (exact) mass is 533 g/mol. The van der Waals surface area contributed by atoms with Crippen LogP contribution in [0.2, 0.25) is 0 Å². The summed E-state index contributed by atoms with van der Waals surface area (Å²) >= 11 is 3.48. The molecule has 0 bridgehead atoms. The molecule has 35 heavy (non-hydrogen) atoms. The number of nitrogens with zero attached hydrogens (tertiary/aromatic N) is 2. The third kappa shape index (κ3) is 4.88. The van der Waals surface area contributed by atoms with E-state index >= 15 is 0 Å². The zero-order valence-corrected chi connectivity index (χ0v) is 20.8. The van der Waals surface area contributed by atoms with Crippen molar-refractivity contribution in [2.24, 2.45) is 0 Å². The number of amides is 1. The van der Waals surface area contributed by atoms with Crippen molar-refractivity contribution < 1.29 is 13.9 Å². The van der Waals surface area contributed by atoms with Crippen LogP contribution < -0.4 is 5.73 Å². The molecule has 1 fully saturated rings. The molecule has 1 saturated heterocycles. The molecule has 1 aromatic heterocycles. The van der Waals surface area contributed by atoms with Gasteiger partial charge in [0.25, 0.3) is 5.91 Å². The van der Waals surface area contributed by atoms with Gasteiger partial charge in [-0.25, -0.2) is 4.39 Å². The normalized spacial score (nSPS) is 17.8. The maximum atomic E-state index is 13.7. The van der Waals surface area contributed by atoms with Gasteiger partial charge < -0.3 is 19.9 Å². The third-order valence-electron chi connectivity index (χ3n) is 6.27. The van der Waals surface area contributed by atoms with Crippen molar-refractivity contribution in [2.75, 3.05) is 12.3 Å². The molecule has 4 aromatic rings. The molecule has 2 N–H and O–H groups in total. The van der Waals surface area contributed by atoms with Crippen LogP contribution in [-0.4, -0.2) is 28.0 Å². The molecule has 0 unspecified atom stereocenters. The fourth-order valence-electron chi connectivity index (χ4n) is 4.38. The van der Waals surface area contributed by atoms with Gasteiger partial charge in [-0.05, 0) is 73.0 Å². The molecule has 3 aromatic carbocycles. The molecule has 1 aliphatic heterocycles. The number of ether oxygens (including phenoxy) is 1. The molecule has 0 radical (unpaired) electrons. The van der Waals surface area contributed by atoms with Crippen molar-refractivity contribution in [3.05, 3.63) is 107 Å². The largest absolute Gasteiger partial charge is 0.399 e. The topological polar surface area (TPSA) is 60.5 Å². The van der Waals surface area contributed by atoms with Crippen LogP contribution in [0.5, 0.6) is 0 Å². The predicted octanol–water partition coefficient (Wildman–Crippen LogP) is 6.12. The highest BCUT2D eigenvalue weighted by Gasteiger charge is 2.40. The van der Waals surface area contributed by atoms with Crippen LogP contribution >= 0.6 is 15.9 Å². The Morgan fingerprint density at radius 2 is 1.66 bits per heavy atom. The second-order valence-corrected chi connectivity index (χ2v) is 9.59. The minimum absolute atomic E-state index is 0.0492. The summed E-state index contributed by atoms with van der Waals surface area (Å²) in [6, 6.07) is 22.0. The molecule has 0 spiro atoms. The molecule has 1 aliphatic rings. The Bertz CT molecular complexity index is 1330. The smallest absolute Gasteiger partial charge is 0.253 e. The molecule has 5 rings (SSSR count). The van der Waals surface area contributed by atoms with Crippen LogP contribution in [0.1, 0.15) is 24.3 Å². The van der Waals surface area contributed by atoms with E-state index in [9.17, 15) is 9.18 Å². The number of anilines is 1. The Morgan fingerprint density at radius 1 is 0.971 bits per heavy atom. The lowest BCUT2D eigenvalue weighted by Gasteiger charge is -2.24. The van der Waals surface area contributed by atoms with Crippen LogP contribution in [0.15, 0.2) is 89.7 Å². The zero-order valence-electron chi connectivity index (χ0n) is 19.2. The van der Waals surface area contributed by atoms with Crippen molar-refractivity contribution in [1.82, 2.24) is 9.47 Å². The highest BCUT2D eigenvalue weighted by molar-refractivity contribution is 9.10. The number of hydrogen-bond donors (Lipinski definition) is 1. The maximum absolute atomic E-state index is 13.7. The minimum atomic E-state index is -0.553. The zero-order chi connectivity index (χ0) is 24.5. The maximum Gasteiger partial charge on any atom is 0.253 e. The first-order chi connectivity index (χ1) is 16.9. The molecule has 1 amide bonds. The molecular formula is C28H25BrFN3O2. The van der Waals surface area contributed by atoms with Crippen molar-refractivity contribution in [2.45, 2.75) is 25.7 Å². The van der Waals surface area contributed by atoms with Gasteiger partial charge in [-0.15, -0.1) is 0 Å². The molecule has 2 heterocycles. The van der Waals surface area contributed by atoms with E-state index in [1.807, 2.05) is 65.5 Å². The molecule has 2 atom stereocenters. The first-order valence-corrected chi connectivity index (χ1v) is 12.2.